The Balaban J connectivity index is 1.73. The lowest BCUT2D eigenvalue weighted by atomic mass is 9.93. The van der Waals surface area contributed by atoms with E-state index in [4.69, 9.17) is 5.73 Å². The van der Waals surface area contributed by atoms with Crippen LogP contribution < -0.4 is 5.73 Å². The molecule has 0 amide bonds. The van der Waals surface area contributed by atoms with Gasteiger partial charge < -0.3 is 5.73 Å². The van der Waals surface area contributed by atoms with Crippen LogP contribution in [0.3, 0.4) is 0 Å². The Morgan fingerprint density at radius 1 is 1.11 bits per heavy atom. The number of hydrogen-bond acceptors (Lipinski definition) is 3. The first-order chi connectivity index (χ1) is 8.75. The minimum absolute atomic E-state index is 0.298. The summed E-state index contributed by atoms with van der Waals surface area (Å²) >= 11 is 0. The van der Waals surface area contributed by atoms with Crippen molar-refractivity contribution in [3.63, 3.8) is 0 Å². The second-order valence-electron chi connectivity index (χ2n) is 6.79. The van der Waals surface area contributed by atoms with Crippen LogP contribution >= 0.6 is 0 Å². The largest absolute Gasteiger partial charge is 0.329 e. The van der Waals surface area contributed by atoms with Crippen LogP contribution in [0.5, 0.6) is 0 Å². The van der Waals surface area contributed by atoms with Gasteiger partial charge in [0.1, 0.15) is 0 Å². The third kappa shape index (κ3) is 2.33. The Morgan fingerprint density at radius 3 is 2.33 bits per heavy atom. The lowest BCUT2D eigenvalue weighted by Gasteiger charge is -2.40. The molecule has 0 aromatic rings. The molecule has 3 nitrogen and oxygen atoms in total. The highest BCUT2D eigenvalue weighted by atomic mass is 15.3. The lowest BCUT2D eigenvalue weighted by molar-refractivity contribution is 0.101. The van der Waals surface area contributed by atoms with Crippen LogP contribution in [0, 0.1) is 0 Å². The Bertz CT molecular complexity index is 281. The zero-order chi connectivity index (χ0) is 12.6. The smallest absolute Gasteiger partial charge is 0.0473 e. The number of hydrogen-bond donors (Lipinski definition) is 1. The number of nitrogens with two attached hydrogens (primary N) is 1. The van der Waals surface area contributed by atoms with Gasteiger partial charge in [0.15, 0.2) is 0 Å². The molecule has 0 spiro atoms. The fraction of sp³-hybridized carbons (Fsp3) is 1.00. The molecule has 1 aliphatic carbocycles. The summed E-state index contributed by atoms with van der Waals surface area (Å²) in [5.41, 5.74) is 6.53. The van der Waals surface area contributed by atoms with E-state index in [2.05, 4.69) is 16.7 Å². The molecule has 0 radical (unpaired) electrons. The van der Waals surface area contributed by atoms with Crippen LogP contribution in [0.15, 0.2) is 0 Å². The van der Waals surface area contributed by atoms with Gasteiger partial charge in [0.05, 0.1) is 0 Å². The van der Waals surface area contributed by atoms with Gasteiger partial charge in [-0.3, -0.25) is 9.80 Å². The standard InChI is InChI=1S/C15H29N3/c1-13-10-15(11-16,12-18(13)14-6-7-14)17-8-4-2-3-5-9-17/h13-14H,2-12,16H2,1H3. The summed E-state index contributed by atoms with van der Waals surface area (Å²) in [6.07, 6.45) is 9.72. The van der Waals surface area contributed by atoms with Gasteiger partial charge in [0, 0.05) is 30.7 Å². The predicted octanol–water partition coefficient (Wildman–Crippen LogP) is 1.82. The van der Waals surface area contributed by atoms with Crippen LogP contribution in [-0.2, 0) is 0 Å². The zero-order valence-corrected chi connectivity index (χ0v) is 11.9. The molecular weight excluding hydrogens is 222 g/mol. The Kier molecular flexibility index (Phi) is 3.65. The molecule has 2 atom stereocenters. The molecule has 0 aromatic heterocycles. The SMILES string of the molecule is CC1CC(CN)(N2CCCCCC2)CN1C1CC1. The number of likely N-dealkylation sites (tertiary alicyclic amines) is 2. The predicted molar refractivity (Wildman–Crippen MR) is 75.6 cm³/mol. The zero-order valence-electron chi connectivity index (χ0n) is 11.9. The van der Waals surface area contributed by atoms with Gasteiger partial charge in [0.2, 0.25) is 0 Å². The molecule has 2 heterocycles. The van der Waals surface area contributed by atoms with Gasteiger partial charge in [-0.1, -0.05) is 12.8 Å². The quantitative estimate of drug-likeness (QED) is 0.830. The van der Waals surface area contributed by atoms with E-state index in [1.165, 1.54) is 64.6 Å². The molecule has 2 aliphatic heterocycles. The fourth-order valence-corrected chi connectivity index (χ4v) is 4.17. The van der Waals surface area contributed by atoms with Gasteiger partial charge in [-0.2, -0.15) is 0 Å². The third-order valence-electron chi connectivity index (χ3n) is 5.39. The van der Waals surface area contributed by atoms with E-state index in [0.717, 1.165) is 18.6 Å². The lowest BCUT2D eigenvalue weighted by Crippen LogP contribution is -2.56. The van der Waals surface area contributed by atoms with E-state index in [1.54, 1.807) is 0 Å². The van der Waals surface area contributed by atoms with Crippen molar-refractivity contribution in [1.29, 1.82) is 0 Å². The van der Waals surface area contributed by atoms with Crippen molar-refractivity contribution >= 4 is 0 Å². The Morgan fingerprint density at radius 2 is 1.78 bits per heavy atom. The van der Waals surface area contributed by atoms with Crippen molar-refractivity contribution in [3.8, 4) is 0 Å². The highest BCUT2D eigenvalue weighted by Crippen LogP contribution is 2.40. The molecular formula is C15H29N3. The summed E-state index contributed by atoms with van der Waals surface area (Å²) in [4.78, 5) is 5.50. The molecule has 2 unspecified atom stereocenters. The molecule has 3 fully saturated rings. The third-order valence-corrected chi connectivity index (χ3v) is 5.39. The molecule has 2 saturated heterocycles. The second-order valence-corrected chi connectivity index (χ2v) is 6.79. The van der Waals surface area contributed by atoms with Crippen molar-refractivity contribution in [1.82, 2.24) is 9.80 Å². The molecule has 1 saturated carbocycles. The minimum atomic E-state index is 0.298. The average Bonchev–Trinajstić information content (AvgIpc) is 3.18. The summed E-state index contributed by atoms with van der Waals surface area (Å²) < 4.78 is 0. The van der Waals surface area contributed by atoms with E-state index >= 15 is 0 Å². The molecule has 0 aromatic carbocycles. The van der Waals surface area contributed by atoms with E-state index in [1.807, 2.05) is 0 Å². The first-order valence-electron chi connectivity index (χ1n) is 7.96. The van der Waals surface area contributed by atoms with Crippen LogP contribution in [0.1, 0.15) is 51.9 Å². The Labute approximate surface area is 112 Å². The average molecular weight is 251 g/mol. The van der Waals surface area contributed by atoms with Crippen LogP contribution in [0.25, 0.3) is 0 Å². The van der Waals surface area contributed by atoms with Gasteiger partial charge >= 0.3 is 0 Å². The van der Waals surface area contributed by atoms with Gasteiger partial charge in [-0.05, 0) is 52.1 Å². The van der Waals surface area contributed by atoms with Gasteiger partial charge in [-0.15, -0.1) is 0 Å². The van der Waals surface area contributed by atoms with E-state index < -0.39 is 0 Å². The summed E-state index contributed by atoms with van der Waals surface area (Å²) in [5.74, 6) is 0. The number of rotatable bonds is 3. The normalized spacial score (nSPS) is 40.0. The summed E-state index contributed by atoms with van der Waals surface area (Å²) in [7, 11) is 0. The topological polar surface area (TPSA) is 32.5 Å². The van der Waals surface area contributed by atoms with Crippen LogP contribution in [0.4, 0.5) is 0 Å². The molecule has 18 heavy (non-hydrogen) atoms. The highest BCUT2D eigenvalue weighted by molar-refractivity contribution is 5.07. The van der Waals surface area contributed by atoms with Crippen LogP contribution in [-0.4, -0.2) is 53.6 Å². The van der Waals surface area contributed by atoms with Crippen molar-refractivity contribution in [3.05, 3.63) is 0 Å². The summed E-state index contributed by atoms with van der Waals surface area (Å²) in [6, 6.07) is 1.63. The molecule has 3 rings (SSSR count). The number of nitrogens with zero attached hydrogens (tertiary/aromatic N) is 2. The highest BCUT2D eigenvalue weighted by Gasteiger charge is 2.48. The molecule has 0 bridgehead atoms. The minimum Gasteiger partial charge on any atom is -0.329 e. The molecule has 3 heteroatoms. The molecule has 104 valence electrons. The maximum absolute atomic E-state index is 6.23. The maximum atomic E-state index is 6.23. The van der Waals surface area contributed by atoms with Crippen molar-refractivity contribution in [2.24, 2.45) is 5.73 Å². The van der Waals surface area contributed by atoms with Crippen LogP contribution in [0.2, 0.25) is 0 Å². The van der Waals surface area contributed by atoms with E-state index in [0.29, 0.717) is 5.54 Å². The first-order valence-corrected chi connectivity index (χ1v) is 7.96. The van der Waals surface area contributed by atoms with E-state index in [9.17, 15) is 0 Å². The fourth-order valence-electron chi connectivity index (χ4n) is 4.17. The summed E-state index contributed by atoms with van der Waals surface area (Å²) in [6.45, 7) is 7.05. The first kappa shape index (κ1) is 12.9. The second kappa shape index (κ2) is 5.10. The van der Waals surface area contributed by atoms with Gasteiger partial charge in [-0.25, -0.2) is 0 Å². The van der Waals surface area contributed by atoms with Crippen molar-refractivity contribution in [2.45, 2.75) is 69.5 Å². The summed E-state index contributed by atoms with van der Waals surface area (Å²) in [5, 5.41) is 0. The maximum Gasteiger partial charge on any atom is 0.0473 e. The molecule has 3 aliphatic rings. The van der Waals surface area contributed by atoms with Crippen molar-refractivity contribution in [2.75, 3.05) is 26.2 Å². The Hall–Kier alpha value is -0.120. The monoisotopic (exact) mass is 251 g/mol. The van der Waals surface area contributed by atoms with Crippen molar-refractivity contribution < 1.29 is 0 Å². The van der Waals surface area contributed by atoms with E-state index in [-0.39, 0.29) is 0 Å². The molecule has 2 N–H and O–H groups in total. The van der Waals surface area contributed by atoms with Gasteiger partial charge in [0.25, 0.3) is 0 Å².